The topological polar surface area (TPSA) is 50.9 Å². The van der Waals surface area contributed by atoms with Gasteiger partial charge in [0.05, 0.1) is 16.4 Å². The Morgan fingerprint density at radius 1 is 1.27 bits per heavy atom. The van der Waals surface area contributed by atoms with Crippen molar-refractivity contribution in [1.82, 2.24) is 4.98 Å². The highest BCUT2D eigenvalue weighted by Gasteiger charge is 2.21. The van der Waals surface area contributed by atoms with Gasteiger partial charge in [0.15, 0.2) is 0 Å². The molecule has 0 unspecified atom stereocenters. The second kappa shape index (κ2) is 6.29. The molecule has 0 atom stereocenters. The molecule has 2 aromatic rings. The highest BCUT2D eigenvalue weighted by molar-refractivity contribution is 6.35. The smallest absolute Gasteiger partial charge is 0.0813 e. The maximum Gasteiger partial charge on any atom is 0.0813 e. The van der Waals surface area contributed by atoms with E-state index in [2.05, 4.69) is 22.1 Å². The van der Waals surface area contributed by atoms with Crippen LogP contribution in [0.15, 0.2) is 30.5 Å². The summed E-state index contributed by atoms with van der Waals surface area (Å²) < 4.78 is 0. The zero-order chi connectivity index (χ0) is 15.5. The first kappa shape index (κ1) is 14.7. The molecular formula is C18H18ClN3. The summed E-state index contributed by atoms with van der Waals surface area (Å²) in [4.78, 5) is 4.22. The molecule has 4 heteroatoms. The van der Waals surface area contributed by atoms with E-state index in [9.17, 15) is 0 Å². The molecule has 1 aromatic heterocycles. The average molecular weight is 312 g/mol. The third-order valence-corrected chi connectivity index (χ3v) is 4.12. The molecule has 1 aliphatic carbocycles. The van der Waals surface area contributed by atoms with Crippen molar-refractivity contribution < 1.29 is 0 Å². The van der Waals surface area contributed by atoms with E-state index in [-0.39, 0.29) is 0 Å². The van der Waals surface area contributed by atoms with E-state index in [0.717, 1.165) is 35.0 Å². The number of nitrogens with zero attached hydrogens (tertiary/aromatic N) is 1. The molecule has 1 heterocycles. The highest BCUT2D eigenvalue weighted by atomic mass is 35.5. The van der Waals surface area contributed by atoms with Gasteiger partial charge in [0, 0.05) is 29.6 Å². The minimum atomic E-state index is 0.508. The lowest BCUT2D eigenvalue weighted by Gasteiger charge is -2.11. The monoisotopic (exact) mass is 311 g/mol. The lowest BCUT2D eigenvalue weighted by molar-refractivity contribution is 0.890. The van der Waals surface area contributed by atoms with Crippen molar-refractivity contribution in [2.45, 2.75) is 19.8 Å². The number of hydrogen-bond donors (Lipinski definition) is 2. The molecule has 1 aliphatic rings. The fraction of sp³-hybridized carbons (Fsp3) is 0.278. The Balaban J connectivity index is 1.79. The van der Waals surface area contributed by atoms with Crippen LogP contribution >= 0.6 is 11.6 Å². The molecule has 1 fully saturated rings. The molecule has 3 rings (SSSR count). The molecule has 112 valence electrons. The fourth-order valence-electron chi connectivity index (χ4n) is 2.10. The van der Waals surface area contributed by atoms with Crippen molar-refractivity contribution in [2.24, 2.45) is 5.92 Å². The SMILES string of the molecule is Cc1ccc(C#Cc2ccc(NCC3CC3)c(N)c2Cl)cn1. The Morgan fingerprint density at radius 2 is 2.09 bits per heavy atom. The molecular weight excluding hydrogens is 294 g/mol. The van der Waals surface area contributed by atoms with Gasteiger partial charge >= 0.3 is 0 Å². The van der Waals surface area contributed by atoms with Gasteiger partial charge in [-0.15, -0.1) is 0 Å². The van der Waals surface area contributed by atoms with Gasteiger partial charge in [-0.1, -0.05) is 23.4 Å². The molecule has 0 amide bonds. The highest BCUT2D eigenvalue weighted by Crippen LogP contribution is 2.33. The minimum absolute atomic E-state index is 0.508. The molecule has 0 spiro atoms. The van der Waals surface area contributed by atoms with Gasteiger partial charge in [0.1, 0.15) is 0 Å². The lowest BCUT2D eigenvalue weighted by Crippen LogP contribution is -2.06. The van der Waals surface area contributed by atoms with E-state index in [4.69, 9.17) is 17.3 Å². The van der Waals surface area contributed by atoms with Crippen molar-refractivity contribution in [3.63, 3.8) is 0 Å². The van der Waals surface area contributed by atoms with E-state index >= 15 is 0 Å². The number of aryl methyl sites for hydroxylation is 1. The third kappa shape index (κ3) is 3.52. The number of pyridine rings is 1. The predicted octanol–water partition coefficient (Wildman–Crippen LogP) is 3.85. The van der Waals surface area contributed by atoms with Crippen LogP contribution in [0.5, 0.6) is 0 Å². The first-order chi connectivity index (χ1) is 10.6. The van der Waals surface area contributed by atoms with Gasteiger partial charge in [0.2, 0.25) is 0 Å². The molecule has 22 heavy (non-hydrogen) atoms. The number of halogens is 1. The lowest BCUT2D eigenvalue weighted by atomic mass is 10.1. The molecule has 3 nitrogen and oxygen atoms in total. The minimum Gasteiger partial charge on any atom is -0.396 e. The number of hydrogen-bond acceptors (Lipinski definition) is 3. The van der Waals surface area contributed by atoms with E-state index in [0.29, 0.717) is 10.7 Å². The summed E-state index contributed by atoms with van der Waals surface area (Å²) in [6.45, 7) is 2.91. The Morgan fingerprint density at radius 3 is 2.77 bits per heavy atom. The number of nitrogens with one attached hydrogen (secondary N) is 1. The van der Waals surface area contributed by atoms with Crippen LogP contribution in [0.2, 0.25) is 5.02 Å². The van der Waals surface area contributed by atoms with Gasteiger partial charge in [-0.25, -0.2) is 0 Å². The Kier molecular flexibility index (Phi) is 4.22. The summed E-state index contributed by atoms with van der Waals surface area (Å²) in [5.74, 6) is 6.91. The zero-order valence-electron chi connectivity index (χ0n) is 12.5. The van der Waals surface area contributed by atoms with E-state index in [1.807, 2.05) is 31.2 Å². The maximum atomic E-state index is 6.34. The van der Waals surface area contributed by atoms with Gasteiger partial charge < -0.3 is 11.1 Å². The first-order valence-electron chi connectivity index (χ1n) is 7.40. The quantitative estimate of drug-likeness (QED) is 0.668. The number of benzene rings is 1. The van der Waals surface area contributed by atoms with Crippen LogP contribution in [-0.2, 0) is 0 Å². The summed E-state index contributed by atoms with van der Waals surface area (Å²) in [6.07, 6.45) is 4.36. The van der Waals surface area contributed by atoms with Crippen molar-refractivity contribution in [3.8, 4) is 11.8 Å². The molecule has 1 aromatic carbocycles. The second-order valence-corrected chi connectivity index (χ2v) is 6.03. The normalized spacial score (nSPS) is 13.4. The van der Waals surface area contributed by atoms with Crippen LogP contribution in [0.3, 0.4) is 0 Å². The average Bonchev–Trinajstić information content (AvgIpc) is 3.34. The van der Waals surface area contributed by atoms with Crippen molar-refractivity contribution in [1.29, 1.82) is 0 Å². The standard InChI is InChI=1S/C18H18ClN3/c1-12-2-3-13(10-21-12)6-7-15-8-9-16(18(20)17(15)19)22-11-14-4-5-14/h2-3,8-10,14,22H,4-5,11,20H2,1H3. The first-order valence-corrected chi connectivity index (χ1v) is 7.78. The van der Waals surface area contributed by atoms with Gasteiger partial charge in [-0.05, 0) is 49.9 Å². The van der Waals surface area contributed by atoms with Crippen molar-refractivity contribution in [2.75, 3.05) is 17.6 Å². The number of nitrogen functional groups attached to an aromatic ring is 1. The zero-order valence-corrected chi connectivity index (χ0v) is 13.2. The summed E-state index contributed by atoms with van der Waals surface area (Å²) >= 11 is 6.34. The van der Waals surface area contributed by atoms with Crippen LogP contribution in [0.25, 0.3) is 0 Å². The molecule has 3 N–H and O–H groups in total. The number of rotatable bonds is 3. The van der Waals surface area contributed by atoms with Gasteiger partial charge in [0.25, 0.3) is 0 Å². The number of aromatic nitrogens is 1. The summed E-state index contributed by atoms with van der Waals surface area (Å²) in [5, 5.41) is 3.86. The molecule has 0 bridgehead atoms. The molecule has 1 saturated carbocycles. The van der Waals surface area contributed by atoms with Crippen LogP contribution in [0.1, 0.15) is 29.7 Å². The van der Waals surface area contributed by atoms with Crippen LogP contribution < -0.4 is 11.1 Å². The van der Waals surface area contributed by atoms with Crippen molar-refractivity contribution in [3.05, 3.63) is 52.3 Å². The summed E-state index contributed by atoms with van der Waals surface area (Å²) in [5.41, 5.74) is 10.1. The van der Waals surface area contributed by atoms with Gasteiger partial charge in [-0.2, -0.15) is 0 Å². The van der Waals surface area contributed by atoms with Crippen molar-refractivity contribution >= 4 is 23.0 Å². The molecule has 0 aliphatic heterocycles. The number of anilines is 2. The third-order valence-electron chi connectivity index (χ3n) is 3.71. The fourth-order valence-corrected chi connectivity index (χ4v) is 2.31. The Hall–Kier alpha value is -2.18. The van der Waals surface area contributed by atoms with E-state index < -0.39 is 0 Å². The van der Waals surface area contributed by atoms with Crippen LogP contribution in [-0.4, -0.2) is 11.5 Å². The molecule has 0 radical (unpaired) electrons. The second-order valence-electron chi connectivity index (χ2n) is 5.65. The summed E-state index contributed by atoms with van der Waals surface area (Å²) in [7, 11) is 0. The number of nitrogens with two attached hydrogens (primary N) is 1. The van der Waals surface area contributed by atoms with Crippen LogP contribution in [0, 0.1) is 24.7 Å². The largest absolute Gasteiger partial charge is 0.396 e. The van der Waals surface area contributed by atoms with E-state index in [1.54, 1.807) is 6.20 Å². The Labute approximate surface area is 135 Å². The predicted molar refractivity (Wildman–Crippen MR) is 92.0 cm³/mol. The Bertz CT molecular complexity index is 737. The maximum absolute atomic E-state index is 6.34. The molecule has 0 saturated heterocycles. The van der Waals surface area contributed by atoms with E-state index in [1.165, 1.54) is 12.8 Å². The van der Waals surface area contributed by atoms with Gasteiger partial charge in [-0.3, -0.25) is 4.98 Å². The summed E-state index contributed by atoms with van der Waals surface area (Å²) in [6, 6.07) is 7.73. The van der Waals surface area contributed by atoms with Crippen LogP contribution in [0.4, 0.5) is 11.4 Å².